The molecule has 0 N–H and O–H groups in total. The first-order valence-electron chi connectivity index (χ1n) is 9.06. The summed E-state index contributed by atoms with van der Waals surface area (Å²) in [7, 11) is 0. The molecule has 5 nitrogen and oxygen atoms in total. The summed E-state index contributed by atoms with van der Waals surface area (Å²) in [5.74, 6) is -1.18. The van der Waals surface area contributed by atoms with Crippen LogP contribution in [0.25, 0.3) is 0 Å². The van der Waals surface area contributed by atoms with Gasteiger partial charge < -0.3 is 9.47 Å². The average molecular weight is 358 g/mol. The molecule has 3 rings (SSSR count). The van der Waals surface area contributed by atoms with Crippen LogP contribution in [0.2, 0.25) is 0 Å². The number of aryl methyl sites for hydroxylation is 1. The van der Waals surface area contributed by atoms with Crippen molar-refractivity contribution >= 4 is 5.97 Å². The van der Waals surface area contributed by atoms with E-state index < -0.39 is 11.4 Å². The van der Waals surface area contributed by atoms with Crippen molar-refractivity contribution in [3.8, 4) is 0 Å². The van der Waals surface area contributed by atoms with Crippen molar-refractivity contribution in [3.05, 3.63) is 59.7 Å². The van der Waals surface area contributed by atoms with E-state index in [4.69, 9.17) is 19.2 Å². The van der Waals surface area contributed by atoms with E-state index in [1.807, 2.05) is 45.0 Å². The number of hydrogen-bond acceptors (Lipinski definition) is 5. The highest BCUT2D eigenvalue weighted by Crippen LogP contribution is 2.47. The zero-order valence-electron chi connectivity index (χ0n) is 15.6. The quantitative estimate of drug-likeness (QED) is 0.345. The maximum Gasteiger partial charge on any atom is 0.330 e. The smallest absolute Gasteiger partial charge is 0.330 e. The Morgan fingerprint density at radius 1 is 1.27 bits per heavy atom. The Hall–Kier alpha value is -1.95. The molecular weight excluding hydrogens is 332 g/mol. The Morgan fingerprint density at radius 2 is 2.08 bits per heavy atom. The number of benzene rings is 1. The van der Waals surface area contributed by atoms with Crippen LogP contribution in [0.3, 0.4) is 0 Å². The van der Waals surface area contributed by atoms with Gasteiger partial charge in [0.05, 0.1) is 12.7 Å². The molecule has 1 aromatic rings. The van der Waals surface area contributed by atoms with Crippen molar-refractivity contribution in [2.45, 2.75) is 57.5 Å². The topological polar surface area (TPSA) is 54.0 Å². The van der Waals surface area contributed by atoms with E-state index >= 15 is 0 Å². The minimum Gasteiger partial charge on any atom is -0.462 e. The molecule has 1 aliphatic carbocycles. The molecule has 0 spiro atoms. The molecule has 1 aromatic carbocycles. The summed E-state index contributed by atoms with van der Waals surface area (Å²) < 4.78 is 11.5. The van der Waals surface area contributed by atoms with E-state index in [1.54, 1.807) is 12.2 Å². The summed E-state index contributed by atoms with van der Waals surface area (Å²) in [6.45, 7) is 5.78. The third-order valence-corrected chi connectivity index (χ3v) is 4.74. The van der Waals surface area contributed by atoms with E-state index in [1.165, 1.54) is 11.6 Å². The molecule has 0 saturated carbocycles. The summed E-state index contributed by atoms with van der Waals surface area (Å²) in [6.07, 6.45) is 8.76. The molecule has 1 saturated heterocycles. The monoisotopic (exact) mass is 358 g/mol. The molecule has 140 valence electrons. The van der Waals surface area contributed by atoms with Crippen molar-refractivity contribution in [1.82, 2.24) is 0 Å². The van der Waals surface area contributed by atoms with Crippen molar-refractivity contribution < 1.29 is 24.0 Å². The fourth-order valence-electron chi connectivity index (χ4n) is 3.57. The van der Waals surface area contributed by atoms with Crippen LogP contribution < -0.4 is 0 Å². The average Bonchev–Trinajstić information content (AvgIpc) is 2.62. The molecule has 2 aliphatic rings. The first kappa shape index (κ1) is 18.8. The molecule has 0 bridgehead atoms. The summed E-state index contributed by atoms with van der Waals surface area (Å²) in [4.78, 5) is 23.3. The fraction of sp³-hybridized carbons (Fsp3) is 0.476. The van der Waals surface area contributed by atoms with E-state index in [0.29, 0.717) is 6.42 Å². The number of allylic oxidation sites excluding steroid dienone is 3. The van der Waals surface area contributed by atoms with Crippen molar-refractivity contribution in [2.24, 2.45) is 0 Å². The van der Waals surface area contributed by atoms with E-state index in [-0.39, 0.29) is 18.7 Å². The molecule has 0 radical (unpaired) electrons. The van der Waals surface area contributed by atoms with Gasteiger partial charge in [-0.3, -0.25) is 0 Å². The molecule has 1 fully saturated rings. The van der Waals surface area contributed by atoms with E-state index in [0.717, 1.165) is 18.4 Å². The van der Waals surface area contributed by atoms with Gasteiger partial charge in [-0.15, -0.1) is 0 Å². The van der Waals surface area contributed by atoms with Crippen LogP contribution in [0.5, 0.6) is 0 Å². The largest absolute Gasteiger partial charge is 0.462 e. The van der Waals surface area contributed by atoms with Crippen molar-refractivity contribution in [1.29, 1.82) is 0 Å². The standard InChI is InChI=1S/C21H26O5/c1-4-5-6-11-19(22)23-15-14-21-17-10-8-7-9-16(17)12-13-18(21)24-20(2,3)25-26-21/h4-11,18H,12-15H2,1-3H3/b5-4+,11-6+/t18-,21+/m1/s1. The summed E-state index contributed by atoms with van der Waals surface area (Å²) in [6, 6.07) is 8.15. The van der Waals surface area contributed by atoms with Gasteiger partial charge in [-0.2, -0.15) is 0 Å². The van der Waals surface area contributed by atoms with Crippen LogP contribution in [0.15, 0.2) is 48.6 Å². The van der Waals surface area contributed by atoms with Gasteiger partial charge in [-0.05, 0) is 44.7 Å². The Bertz CT molecular complexity index is 706. The lowest BCUT2D eigenvalue weighted by Gasteiger charge is -2.50. The highest BCUT2D eigenvalue weighted by atomic mass is 17.2. The lowest BCUT2D eigenvalue weighted by atomic mass is 9.75. The maximum absolute atomic E-state index is 11.8. The minimum atomic E-state index is -0.799. The van der Waals surface area contributed by atoms with Gasteiger partial charge in [-0.1, -0.05) is 42.5 Å². The Labute approximate surface area is 154 Å². The third-order valence-electron chi connectivity index (χ3n) is 4.74. The zero-order chi connectivity index (χ0) is 18.6. The number of esters is 1. The fourth-order valence-corrected chi connectivity index (χ4v) is 3.57. The van der Waals surface area contributed by atoms with Crippen LogP contribution in [0, 0.1) is 0 Å². The van der Waals surface area contributed by atoms with E-state index in [9.17, 15) is 4.79 Å². The summed E-state index contributed by atoms with van der Waals surface area (Å²) in [5, 5.41) is 0. The van der Waals surface area contributed by atoms with Crippen LogP contribution >= 0.6 is 0 Å². The SMILES string of the molecule is C/C=C/C=C/C(=O)OCC[C@@]12OOC(C)(C)O[C@@H]1CCc1ccccc12. The van der Waals surface area contributed by atoms with Crippen molar-refractivity contribution in [3.63, 3.8) is 0 Å². The van der Waals surface area contributed by atoms with Gasteiger partial charge in [0.1, 0.15) is 0 Å². The summed E-state index contributed by atoms with van der Waals surface area (Å²) in [5.41, 5.74) is 1.50. The lowest BCUT2D eigenvalue weighted by Crippen LogP contribution is -2.56. The molecular formula is C21H26O5. The van der Waals surface area contributed by atoms with Crippen LogP contribution in [0.1, 0.15) is 44.7 Å². The molecule has 0 amide bonds. The Balaban J connectivity index is 1.77. The second-order valence-corrected chi connectivity index (χ2v) is 7.06. The lowest BCUT2D eigenvalue weighted by molar-refractivity contribution is -0.528. The third kappa shape index (κ3) is 3.90. The molecule has 2 atom stereocenters. The summed E-state index contributed by atoms with van der Waals surface area (Å²) >= 11 is 0. The van der Waals surface area contributed by atoms with Gasteiger partial charge in [0.2, 0.25) is 0 Å². The number of rotatable bonds is 5. The first-order valence-corrected chi connectivity index (χ1v) is 9.06. The Morgan fingerprint density at radius 3 is 2.88 bits per heavy atom. The number of ether oxygens (including phenoxy) is 2. The van der Waals surface area contributed by atoms with Gasteiger partial charge in [0, 0.05) is 12.5 Å². The first-order chi connectivity index (χ1) is 12.5. The zero-order valence-corrected chi connectivity index (χ0v) is 15.6. The van der Waals surface area contributed by atoms with Gasteiger partial charge in [0.15, 0.2) is 11.4 Å². The second-order valence-electron chi connectivity index (χ2n) is 7.06. The molecule has 0 aromatic heterocycles. The highest BCUT2D eigenvalue weighted by molar-refractivity contribution is 5.82. The van der Waals surface area contributed by atoms with Gasteiger partial charge >= 0.3 is 5.97 Å². The highest BCUT2D eigenvalue weighted by Gasteiger charge is 2.53. The van der Waals surface area contributed by atoms with Crippen LogP contribution in [0.4, 0.5) is 0 Å². The molecule has 26 heavy (non-hydrogen) atoms. The van der Waals surface area contributed by atoms with E-state index in [2.05, 4.69) is 6.07 Å². The van der Waals surface area contributed by atoms with Gasteiger partial charge in [-0.25, -0.2) is 14.6 Å². The molecule has 0 unspecified atom stereocenters. The second kappa shape index (κ2) is 7.74. The number of fused-ring (bicyclic) bond motifs is 3. The normalized spacial score (nSPS) is 27.3. The number of carbonyl (C=O) groups is 1. The van der Waals surface area contributed by atoms with Crippen molar-refractivity contribution in [2.75, 3.05) is 6.61 Å². The van der Waals surface area contributed by atoms with Gasteiger partial charge in [0.25, 0.3) is 0 Å². The Kier molecular flexibility index (Phi) is 5.61. The maximum atomic E-state index is 11.8. The number of hydrogen-bond donors (Lipinski definition) is 0. The number of carbonyl (C=O) groups excluding carboxylic acids is 1. The molecule has 1 aliphatic heterocycles. The predicted octanol–water partition coefficient (Wildman–Crippen LogP) is 3.98. The minimum absolute atomic E-state index is 0.154. The van der Waals surface area contributed by atoms with Crippen LogP contribution in [-0.2, 0) is 36.1 Å². The predicted molar refractivity (Wildman–Crippen MR) is 97.1 cm³/mol. The van der Waals surface area contributed by atoms with Crippen LogP contribution in [-0.4, -0.2) is 24.5 Å². The molecule has 5 heteroatoms. The molecule has 1 heterocycles.